The van der Waals surface area contributed by atoms with Gasteiger partial charge in [0.15, 0.2) is 0 Å². The summed E-state index contributed by atoms with van der Waals surface area (Å²) in [5.41, 5.74) is 1.26. The Balaban J connectivity index is 1.80. The van der Waals surface area contributed by atoms with Gasteiger partial charge in [-0.05, 0) is 11.1 Å². The molecule has 0 saturated heterocycles. The maximum absolute atomic E-state index is 11.6. The second-order valence-corrected chi connectivity index (χ2v) is 4.85. The van der Waals surface area contributed by atoms with Gasteiger partial charge in [0.2, 0.25) is 0 Å². The van der Waals surface area contributed by atoms with Gasteiger partial charge in [-0.1, -0.05) is 60.7 Å². The highest BCUT2D eigenvalue weighted by molar-refractivity contribution is 6.33. The normalized spacial score (nSPS) is 9.83. The van der Waals surface area contributed by atoms with Crippen molar-refractivity contribution in [3.05, 3.63) is 71.8 Å². The van der Waals surface area contributed by atoms with Crippen molar-refractivity contribution >= 4 is 23.9 Å². The topological polar surface area (TPSA) is 86.7 Å². The zero-order chi connectivity index (χ0) is 17.4. The first-order chi connectivity index (χ1) is 11.5. The Morgan fingerprint density at radius 2 is 0.917 bits per heavy atom. The molecule has 0 heterocycles. The number of hydrogen-bond acceptors (Lipinski definition) is 6. The molecular formula is C18H14O6. The first-order valence-corrected chi connectivity index (χ1v) is 7.12. The van der Waals surface area contributed by atoms with Gasteiger partial charge in [-0.15, -0.1) is 0 Å². The van der Waals surface area contributed by atoms with Crippen LogP contribution in [0.4, 0.5) is 0 Å². The van der Waals surface area contributed by atoms with E-state index in [1.807, 2.05) is 0 Å². The van der Waals surface area contributed by atoms with Crippen molar-refractivity contribution in [1.82, 2.24) is 0 Å². The summed E-state index contributed by atoms with van der Waals surface area (Å²) in [5.74, 6) is -4.84. The van der Waals surface area contributed by atoms with Crippen LogP contribution in [0.2, 0.25) is 0 Å². The quantitative estimate of drug-likeness (QED) is 0.482. The van der Waals surface area contributed by atoms with Crippen molar-refractivity contribution in [2.75, 3.05) is 0 Å². The SMILES string of the molecule is O=C(Cc1ccccc1)OC(=O)C(=O)OC(=O)Cc1ccccc1. The van der Waals surface area contributed by atoms with Crippen LogP contribution in [-0.2, 0) is 41.5 Å². The van der Waals surface area contributed by atoms with E-state index in [-0.39, 0.29) is 12.8 Å². The summed E-state index contributed by atoms with van der Waals surface area (Å²) in [6.45, 7) is 0. The highest BCUT2D eigenvalue weighted by Crippen LogP contribution is 2.03. The molecule has 0 radical (unpaired) electrons. The van der Waals surface area contributed by atoms with Crippen LogP contribution in [0.3, 0.4) is 0 Å². The van der Waals surface area contributed by atoms with E-state index in [0.717, 1.165) is 0 Å². The third kappa shape index (κ3) is 5.49. The predicted molar refractivity (Wildman–Crippen MR) is 82.5 cm³/mol. The summed E-state index contributed by atoms with van der Waals surface area (Å²) in [7, 11) is 0. The smallest absolute Gasteiger partial charge is 0.384 e. The molecule has 2 aromatic rings. The predicted octanol–water partition coefficient (Wildman–Crippen LogP) is 1.61. The average Bonchev–Trinajstić information content (AvgIpc) is 2.56. The molecule has 0 atom stereocenters. The summed E-state index contributed by atoms with van der Waals surface area (Å²) in [6, 6.07) is 17.1. The Labute approximate surface area is 138 Å². The van der Waals surface area contributed by atoms with Crippen LogP contribution in [0, 0.1) is 0 Å². The van der Waals surface area contributed by atoms with Gasteiger partial charge in [0.25, 0.3) is 0 Å². The van der Waals surface area contributed by atoms with Crippen LogP contribution in [0.1, 0.15) is 11.1 Å². The van der Waals surface area contributed by atoms with E-state index in [9.17, 15) is 19.2 Å². The summed E-state index contributed by atoms with van der Waals surface area (Å²) < 4.78 is 8.73. The third-order valence-electron chi connectivity index (χ3n) is 2.96. The van der Waals surface area contributed by atoms with Crippen LogP contribution in [0.5, 0.6) is 0 Å². The number of benzene rings is 2. The first kappa shape index (κ1) is 17.1. The minimum atomic E-state index is -1.52. The summed E-state index contributed by atoms with van der Waals surface area (Å²) in [6.07, 6.45) is -0.338. The Hall–Kier alpha value is -3.28. The lowest BCUT2D eigenvalue weighted by Crippen LogP contribution is -2.27. The van der Waals surface area contributed by atoms with E-state index in [1.165, 1.54) is 0 Å². The van der Waals surface area contributed by atoms with E-state index >= 15 is 0 Å². The molecule has 0 N–H and O–H groups in total. The van der Waals surface area contributed by atoms with Gasteiger partial charge in [-0.3, -0.25) is 9.59 Å². The standard InChI is InChI=1S/C18H14O6/c19-15(11-13-7-3-1-4-8-13)23-17(21)18(22)24-16(20)12-14-9-5-2-6-10-14/h1-10H,11-12H2. The van der Waals surface area contributed by atoms with Crippen LogP contribution in [0.15, 0.2) is 60.7 Å². The van der Waals surface area contributed by atoms with Gasteiger partial charge in [0, 0.05) is 0 Å². The lowest BCUT2D eigenvalue weighted by Gasteiger charge is -2.04. The fourth-order valence-electron chi connectivity index (χ4n) is 1.89. The molecule has 2 rings (SSSR count). The van der Waals surface area contributed by atoms with Crippen LogP contribution >= 0.6 is 0 Å². The maximum Gasteiger partial charge on any atom is 0.425 e. The largest absolute Gasteiger partial charge is 0.425 e. The van der Waals surface area contributed by atoms with Crippen LogP contribution < -0.4 is 0 Å². The van der Waals surface area contributed by atoms with Crippen molar-refractivity contribution in [3.63, 3.8) is 0 Å². The molecule has 122 valence electrons. The summed E-state index contributed by atoms with van der Waals surface area (Å²) in [5, 5.41) is 0. The van der Waals surface area contributed by atoms with Gasteiger partial charge in [0.1, 0.15) is 0 Å². The van der Waals surface area contributed by atoms with Gasteiger partial charge in [0.05, 0.1) is 12.8 Å². The lowest BCUT2D eigenvalue weighted by molar-refractivity contribution is -0.177. The molecule has 24 heavy (non-hydrogen) atoms. The number of esters is 4. The molecule has 6 heteroatoms. The van der Waals surface area contributed by atoms with Crippen LogP contribution in [-0.4, -0.2) is 23.9 Å². The molecule has 0 aliphatic rings. The molecule has 0 amide bonds. The molecule has 0 unspecified atom stereocenters. The van der Waals surface area contributed by atoms with Gasteiger partial charge >= 0.3 is 23.9 Å². The Bertz CT molecular complexity index is 671. The number of hydrogen-bond donors (Lipinski definition) is 0. The Morgan fingerprint density at radius 1 is 0.583 bits per heavy atom. The molecule has 0 spiro atoms. The van der Waals surface area contributed by atoms with E-state index in [4.69, 9.17) is 0 Å². The zero-order valence-corrected chi connectivity index (χ0v) is 12.6. The molecule has 0 bridgehead atoms. The maximum atomic E-state index is 11.6. The molecule has 2 aromatic carbocycles. The molecule has 0 fully saturated rings. The highest BCUT2D eigenvalue weighted by atomic mass is 16.6. The summed E-state index contributed by atoms with van der Waals surface area (Å²) in [4.78, 5) is 46.1. The van der Waals surface area contributed by atoms with Crippen molar-refractivity contribution < 1.29 is 28.7 Å². The van der Waals surface area contributed by atoms with Gasteiger partial charge in [-0.2, -0.15) is 0 Å². The fraction of sp³-hybridized carbons (Fsp3) is 0.111. The van der Waals surface area contributed by atoms with E-state index in [1.54, 1.807) is 60.7 Å². The molecule has 0 aromatic heterocycles. The van der Waals surface area contributed by atoms with Crippen molar-refractivity contribution in [1.29, 1.82) is 0 Å². The minimum Gasteiger partial charge on any atom is -0.384 e. The Morgan fingerprint density at radius 3 is 1.25 bits per heavy atom. The molecule has 6 nitrogen and oxygen atoms in total. The van der Waals surface area contributed by atoms with Gasteiger partial charge in [-0.25, -0.2) is 9.59 Å². The number of carbonyl (C=O) groups is 4. The fourth-order valence-corrected chi connectivity index (χ4v) is 1.89. The van der Waals surface area contributed by atoms with Gasteiger partial charge < -0.3 is 9.47 Å². The highest BCUT2D eigenvalue weighted by Gasteiger charge is 2.24. The van der Waals surface area contributed by atoms with Crippen molar-refractivity contribution in [2.24, 2.45) is 0 Å². The molecule has 0 aliphatic carbocycles. The van der Waals surface area contributed by atoms with E-state index in [0.29, 0.717) is 11.1 Å². The van der Waals surface area contributed by atoms with E-state index < -0.39 is 23.9 Å². The molecule has 0 saturated carbocycles. The Kier molecular flexibility index (Phi) is 5.96. The lowest BCUT2D eigenvalue weighted by atomic mass is 10.2. The van der Waals surface area contributed by atoms with E-state index in [2.05, 4.69) is 9.47 Å². The first-order valence-electron chi connectivity index (χ1n) is 7.12. The van der Waals surface area contributed by atoms with Crippen LogP contribution in [0.25, 0.3) is 0 Å². The number of carbonyl (C=O) groups excluding carboxylic acids is 4. The number of rotatable bonds is 4. The number of ether oxygens (including phenoxy) is 2. The average molecular weight is 326 g/mol. The monoisotopic (exact) mass is 326 g/mol. The van der Waals surface area contributed by atoms with Crippen molar-refractivity contribution in [3.8, 4) is 0 Å². The van der Waals surface area contributed by atoms with Crippen molar-refractivity contribution in [2.45, 2.75) is 12.8 Å². The third-order valence-corrected chi connectivity index (χ3v) is 2.96. The molecular weight excluding hydrogens is 312 g/mol. The second kappa shape index (κ2) is 8.38. The molecule has 0 aliphatic heterocycles. The summed E-state index contributed by atoms with van der Waals surface area (Å²) >= 11 is 0. The second-order valence-electron chi connectivity index (χ2n) is 4.85. The minimum absolute atomic E-state index is 0.169. The zero-order valence-electron chi connectivity index (χ0n) is 12.6.